The number of rotatable bonds is 5. The number of nitrogens with two attached hydrogens (primary N) is 1. The standard InChI is InChI=1S/C9H17N3O5S/c1-11(6-8(10)13)18(16,17)12-5-3-2-4-7(12)9(14)15/h7H,2-6H2,1H3,(H2,10,13)(H,14,15). The van der Waals surface area contributed by atoms with Crippen molar-refractivity contribution in [3.63, 3.8) is 0 Å². The van der Waals surface area contributed by atoms with Gasteiger partial charge in [0.1, 0.15) is 6.04 Å². The van der Waals surface area contributed by atoms with E-state index in [9.17, 15) is 18.0 Å². The van der Waals surface area contributed by atoms with Crippen LogP contribution in [0.5, 0.6) is 0 Å². The first-order valence-corrected chi connectivity index (χ1v) is 6.90. The molecule has 1 aliphatic rings. The van der Waals surface area contributed by atoms with Gasteiger partial charge < -0.3 is 10.8 Å². The summed E-state index contributed by atoms with van der Waals surface area (Å²) in [6.07, 6.45) is 1.55. The zero-order valence-electron chi connectivity index (χ0n) is 10.1. The van der Waals surface area contributed by atoms with Crippen molar-refractivity contribution in [2.45, 2.75) is 25.3 Å². The van der Waals surface area contributed by atoms with Crippen LogP contribution in [0.2, 0.25) is 0 Å². The van der Waals surface area contributed by atoms with E-state index in [4.69, 9.17) is 10.8 Å². The molecule has 1 saturated heterocycles. The van der Waals surface area contributed by atoms with Gasteiger partial charge in [-0.3, -0.25) is 9.59 Å². The molecule has 9 heteroatoms. The highest BCUT2D eigenvalue weighted by atomic mass is 32.2. The van der Waals surface area contributed by atoms with E-state index in [1.807, 2.05) is 0 Å². The molecule has 1 unspecified atom stereocenters. The van der Waals surface area contributed by atoms with E-state index in [-0.39, 0.29) is 13.0 Å². The Hall–Kier alpha value is -1.19. The number of carboxylic acid groups (broad SMARTS) is 1. The summed E-state index contributed by atoms with van der Waals surface area (Å²) < 4.78 is 25.9. The summed E-state index contributed by atoms with van der Waals surface area (Å²) in [7, 11) is -2.76. The summed E-state index contributed by atoms with van der Waals surface area (Å²) in [6, 6.07) is -1.07. The monoisotopic (exact) mass is 279 g/mol. The molecule has 1 fully saturated rings. The van der Waals surface area contributed by atoms with Gasteiger partial charge in [0.2, 0.25) is 5.91 Å². The largest absolute Gasteiger partial charge is 0.480 e. The van der Waals surface area contributed by atoms with Gasteiger partial charge in [0, 0.05) is 13.6 Å². The normalized spacial score (nSPS) is 22.0. The maximum atomic E-state index is 12.1. The first kappa shape index (κ1) is 14.9. The molecular weight excluding hydrogens is 262 g/mol. The van der Waals surface area contributed by atoms with Crippen LogP contribution in [0.4, 0.5) is 0 Å². The Kier molecular flexibility index (Phi) is 4.65. The average molecular weight is 279 g/mol. The Morgan fingerprint density at radius 1 is 1.44 bits per heavy atom. The number of primary amides is 1. The second-order valence-corrected chi connectivity index (χ2v) is 6.18. The van der Waals surface area contributed by atoms with Crippen molar-refractivity contribution in [2.24, 2.45) is 5.73 Å². The van der Waals surface area contributed by atoms with Crippen molar-refractivity contribution in [2.75, 3.05) is 20.1 Å². The summed E-state index contributed by atoms with van der Waals surface area (Å²) in [5.74, 6) is -1.96. The minimum atomic E-state index is -3.97. The molecule has 0 aromatic carbocycles. The Balaban J connectivity index is 2.94. The van der Waals surface area contributed by atoms with Crippen molar-refractivity contribution in [3.8, 4) is 0 Å². The number of hydrogen-bond donors (Lipinski definition) is 2. The van der Waals surface area contributed by atoms with Gasteiger partial charge in [0.05, 0.1) is 6.54 Å². The SMILES string of the molecule is CN(CC(N)=O)S(=O)(=O)N1CCCCC1C(=O)O. The van der Waals surface area contributed by atoms with Crippen molar-refractivity contribution < 1.29 is 23.1 Å². The molecule has 1 rings (SSSR count). The minimum Gasteiger partial charge on any atom is -0.480 e. The fourth-order valence-corrected chi connectivity index (χ4v) is 3.43. The zero-order valence-corrected chi connectivity index (χ0v) is 10.9. The molecule has 104 valence electrons. The van der Waals surface area contributed by atoms with Crippen LogP contribution in [-0.2, 0) is 19.8 Å². The number of carboxylic acids is 1. The van der Waals surface area contributed by atoms with E-state index < -0.39 is 34.7 Å². The lowest BCUT2D eigenvalue weighted by molar-refractivity contribution is -0.142. The first-order chi connectivity index (χ1) is 8.26. The van der Waals surface area contributed by atoms with E-state index in [0.717, 1.165) is 8.61 Å². The summed E-state index contributed by atoms with van der Waals surface area (Å²) in [6.45, 7) is -0.326. The van der Waals surface area contributed by atoms with Gasteiger partial charge in [-0.2, -0.15) is 17.0 Å². The number of carbonyl (C=O) groups excluding carboxylic acids is 1. The van der Waals surface area contributed by atoms with Crippen LogP contribution in [0.15, 0.2) is 0 Å². The number of piperidine rings is 1. The molecule has 0 spiro atoms. The lowest BCUT2D eigenvalue weighted by Crippen LogP contribution is -2.53. The topological polar surface area (TPSA) is 121 Å². The molecule has 1 aliphatic heterocycles. The highest BCUT2D eigenvalue weighted by Crippen LogP contribution is 2.22. The summed E-state index contributed by atoms with van der Waals surface area (Å²) in [5.41, 5.74) is 4.93. The fraction of sp³-hybridized carbons (Fsp3) is 0.778. The molecular formula is C9H17N3O5S. The predicted octanol–water partition coefficient (Wildman–Crippen LogP) is -1.41. The Labute approximate surface area is 106 Å². The van der Waals surface area contributed by atoms with E-state index in [2.05, 4.69) is 0 Å². The van der Waals surface area contributed by atoms with Crippen LogP contribution >= 0.6 is 0 Å². The van der Waals surface area contributed by atoms with E-state index in [0.29, 0.717) is 12.8 Å². The molecule has 8 nitrogen and oxygen atoms in total. The number of likely N-dealkylation sites (N-methyl/N-ethyl adjacent to an activating group) is 1. The van der Waals surface area contributed by atoms with Gasteiger partial charge >= 0.3 is 5.97 Å². The minimum absolute atomic E-state index is 0.141. The summed E-state index contributed by atoms with van der Waals surface area (Å²) in [4.78, 5) is 21.8. The smallest absolute Gasteiger partial charge is 0.322 e. The molecule has 1 atom stereocenters. The summed E-state index contributed by atoms with van der Waals surface area (Å²) >= 11 is 0. The molecule has 0 aromatic heterocycles. The van der Waals surface area contributed by atoms with Crippen LogP contribution < -0.4 is 5.73 Å². The Bertz CT molecular complexity index is 435. The van der Waals surface area contributed by atoms with Crippen molar-refractivity contribution >= 4 is 22.1 Å². The fourth-order valence-electron chi connectivity index (χ4n) is 1.91. The van der Waals surface area contributed by atoms with E-state index >= 15 is 0 Å². The van der Waals surface area contributed by atoms with Gasteiger partial charge in [-0.1, -0.05) is 0 Å². The van der Waals surface area contributed by atoms with Gasteiger partial charge in [-0.05, 0) is 19.3 Å². The summed E-state index contributed by atoms with van der Waals surface area (Å²) in [5, 5.41) is 9.02. The van der Waals surface area contributed by atoms with E-state index in [1.165, 1.54) is 7.05 Å². The maximum Gasteiger partial charge on any atom is 0.322 e. The highest BCUT2D eigenvalue weighted by molar-refractivity contribution is 7.86. The molecule has 0 aromatic rings. The number of amides is 1. The van der Waals surface area contributed by atoms with Crippen LogP contribution in [0.1, 0.15) is 19.3 Å². The third-order valence-corrected chi connectivity index (χ3v) is 4.75. The van der Waals surface area contributed by atoms with Crippen molar-refractivity contribution in [1.82, 2.24) is 8.61 Å². The molecule has 18 heavy (non-hydrogen) atoms. The first-order valence-electron chi connectivity index (χ1n) is 5.51. The van der Waals surface area contributed by atoms with Crippen LogP contribution in [0.25, 0.3) is 0 Å². The van der Waals surface area contributed by atoms with Crippen LogP contribution in [0, 0.1) is 0 Å². The molecule has 1 heterocycles. The molecule has 0 saturated carbocycles. The van der Waals surface area contributed by atoms with Crippen molar-refractivity contribution in [3.05, 3.63) is 0 Å². The van der Waals surface area contributed by atoms with Gasteiger partial charge in [-0.25, -0.2) is 0 Å². The highest BCUT2D eigenvalue weighted by Gasteiger charge is 2.39. The lowest BCUT2D eigenvalue weighted by atomic mass is 10.1. The van der Waals surface area contributed by atoms with Gasteiger partial charge in [0.15, 0.2) is 0 Å². The number of aliphatic carboxylic acids is 1. The van der Waals surface area contributed by atoms with E-state index in [1.54, 1.807) is 0 Å². The van der Waals surface area contributed by atoms with Crippen LogP contribution in [-0.4, -0.2) is 60.2 Å². The second kappa shape index (κ2) is 5.63. The van der Waals surface area contributed by atoms with Gasteiger partial charge in [0.25, 0.3) is 10.2 Å². The van der Waals surface area contributed by atoms with Gasteiger partial charge in [-0.15, -0.1) is 0 Å². The quantitative estimate of drug-likeness (QED) is 0.640. The molecule has 3 N–H and O–H groups in total. The predicted molar refractivity (Wildman–Crippen MR) is 62.7 cm³/mol. The third kappa shape index (κ3) is 3.18. The number of nitrogens with zero attached hydrogens (tertiary/aromatic N) is 2. The molecule has 1 amide bonds. The average Bonchev–Trinajstić information content (AvgIpc) is 2.28. The third-order valence-electron chi connectivity index (χ3n) is 2.81. The van der Waals surface area contributed by atoms with Crippen molar-refractivity contribution in [1.29, 1.82) is 0 Å². The number of carbonyl (C=O) groups is 2. The second-order valence-electron chi connectivity index (χ2n) is 4.19. The lowest BCUT2D eigenvalue weighted by Gasteiger charge is -2.34. The number of hydrogen-bond acceptors (Lipinski definition) is 4. The molecule has 0 radical (unpaired) electrons. The Morgan fingerprint density at radius 2 is 2.06 bits per heavy atom. The Morgan fingerprint density at radius 3 is 2.56 bits per heavy atom. The van der Waals surface area contributed by atoms with Crippen LogP contribution in [0.3, 0.4) is 0 Å². The zero-order chi connectivity index (χ0) is 13.9. The molecule has 0 bridgehead atoms. The molecule has 0 aliphatic carbocycles. The maximum absolute atomic E-state index is 12.1.